The molecule has 2 aromatic heterocycles. The Hall–Kier alpha value is -2.58. The number of primary amides is 1. The zero-order chi connectivity index (χ0) is 19.0. The molecule has 0 spiro atoms. The number of hydrogen-bond acceptors (Lipinski definition) is 5. The van der Waals surface area contributed by atoms with Crippen LogP contribution in [-0.4, -0.2) is 47.3 Å². The smallest absolute Gasteiger partial charge is 0.267 e. The highest BCUT2D eigenvalue weighted by Gasteiger charge is 2.21. The molecule has 1 aliphatic heterocycles. The third kappa shape index (κ3) is 3.38. The second-order valence-electron chi connectivity index (χ2n) is 6.76. The molecule has 1 amide bonds. The number of anilines is 1. The van der Waals surface area contributed by atoms with Crippen LogP contribution in [0.1, 0.15) is 23.3 Å². The van der Waals surface area contributed by atoms with E-state index in [1.165, 1.54) is 6.20 Å². The van der Waals surface area contributed by atoms with Gasteiger partial charge in [-0.05, 0) is 31.5 Å². The predicted molar refractivity (Wildman–Crippen MR) is 110 cm³/mol. The molecule has 0 radical (unpaired) electrons. The minimum absolute atomic E-state index is 0.269. The topological polar surface area (TPSA) is 97.3 Å². The van der Waals surface area contributed by atoms with Gasteiger partial charge in [0.1, 0.15) is 5.69 Å². The van der Waals surface area contributed by atoms with Crippen molar-refractivity contribution in [2.24, 2.45) is 5.73 Å². The lowest BCUT2D eigenvalue weighted by Gasteiger charge is -2.24. The van der Waals surface area contributed by atoms with Crippen molar-refractivity contribution in [3.63, 3.8) is 0 Å². The van der Waals surface area contributed by atoms with Gasteiger partial charge in [-0.1, -0.05) is 23.7 Å². The van der Waals surface area contributed by atoms with Crippen LogP contribution in [-0.2, 0) is 0 Å². The molecule has 138 valence electrons. The lowest BCUT2D eigenvalue weighted by atomic mass is 9.97. The number of carbonyl (C=O) groups excluding carboxylic acids is 1. The Morgan fingerprint density at radius 3 is 2.81 bits per heavy atom. The summed E-state index contributed by atoms with van der Waals surface area (Å²) in [5.41, 5.74) is 9.00. The summed E-state index contributed by atoms with van der Waals surface area (Å²) in [6.45, 7) is 1.90. The minimum Gasteiger partial charge on any atom is -0.364 e. The first-order valence-corrected chi connectivity index (χ1v) is 9.33. The van der Waals surface area contributed by atoms with Gasteiger partial charge in [-0.25, -0.2) is 9.97 Å². The number of nitrogens with zero attached hydrogens (tertiary/aromatic N) is 3. The average molecular weight is 383 g/mol. The van der Waals surface area contributed by atoms with Crippen LogP contribution in [0.5, 0.6) is 0 Å². The number of nitrogens with two attached hydrogens (primary N) is 1. The lowest BCUT2D eigenvalue weighted by Crippen LogP contribution is -2.38. The van der Waals surface area contributed by atoms with Crippen molar-refractivity contribution in [3.05, 3.63) is 41.2 Å². The number of piperidine rings is 1. The Bertz CT molecular complexity index is 997. The van der Waals surface area contributed by atoms with Crippen molar-refractivity contribution in [2.45, 2.75) is 18.9 Å². The summed E-state index contributed by atoms with van der Waals surface area (Å²) in [6.07, 6.45) is 3.67. The summed E-state index contributed by atoms with van der Waals surface area (Å²) in [5.74, 6) is 0.110. The molecular weight excluding hydrogens is 363 g/mol. The third-order valence-corrected chi connectivity index (χ3v) is 5.14. The number of nitrogens with one attached hydrogen (secondary N) is 2. The van der Waals surface area contributed by atoms with Crippen molar-refractivity contribution in [2.75, 3.05) is 18.4 Å². The van der Waals surface area contributed by atoms with Gasteiger partial charge in [0.05, 0.1) is 11.9 Å². The largest absolute Gasteiger partial charge is 0.364 e. The lowest BCUT2D eigenvalue weighted by molar-refractivity contribution is 0.0994. The van der Waals surface area contributed by atoms with E-state index >= 15 is 0 Å². The van der Waals surface area contributed by atoms with Gasteiger partial charge in [-0.15, -0.1) is 0 Å². The molecule has 1 saturated heterocycles. The highest BCUT2D eigenvalue weighted by Crippen LogP contribution is 2.23. The second kappa shape index (κ2) is 7.21. The molecule has 0 aliphatic carbocycles. The van der Waals surface area contributed by atoms with E-state index in [1.807, 2.05) is 32.1 Å². The van der Waals surface area contributed by atoms with Gasteiger partial charge < -0.3 is 16.4 Å². The first kappa shape index (κ1) is 17.8. The molecule has 4 N–H and O–H groups in total. The maximum Gasteiger partial charge on any atom is 0.267 e. The zero-order valence-corrected chi connectivity index (χ0v) is 15.8. The van der Waals surface area contributed by atoms with Gasteiger partial charge in [0, 0.05) is 28.8 Å². The molecule has 3 heterocycles. The maximum atomic E-state index is 11.9. The quantitative estimate of drug-likeness (QED) is 0.573. The van der Waals surface area contributed by atoms with Gasteiger partial charge >= 0.3 is 0 Å². The summed E-state index contributed by atoms with van der Waals surface area (Å²) >= 11 is 6.01. The first-order valence-electron chi connectivity index (χ1n) is 8.95. The summed E-state index contributed by atoms with van der Waals surface area (Å²) in [5, 5.41) is 7.50. The van der Waals surface area contributed by atoms with E-state index in [9.17, 15) is 4.79 Å². The molecule has 0 saturated carbocycles. The maximum absolute atomic E-state index is 11.9. The van der Waals surface area contributed by atoms with Crippen LogP contribution in [0.4, 0.5) is 5.82 Å². The number of fused-ring (bicyclic) bond motifs is 1. The van der Waals surface area contributed by atoms with E-state index in [-0.39, 0.29) is 6.04 Å². The number of rotatable bonds is 4. The van der Waals surface area contributed by atoms with E-state index in [0.717, 1.165) is 42.8 Å². The molecule has 1 atom stereocenters. The van der Waals surface area contributed by atoms with Crippen LogP contribution in [0.25, 0.3) is 16.9 Å². The highest BCUT2D eigenvalue weighted by molar-refractivity contribution is 6.35. The monoisotopic (exact) mass is 382 g/mol. The average Bonchev–Trinajstić information content (AvgIpc) is 3.01. The first-order chi connectivity index (χ1) is 13.0. The number of amides is 1. The minimum atomic E-state index is -0.540. The molecule has 1 fully saturated rings. The SMILES string of the molecule is Bc1c(-c2ccc(Cl)cc2)nc2c(N[C@@H]3CCCNC3)ncc(C(N)=O)n12. The Morgan fingerprint density at radius 1 is 1.37 bits per heavy atom. The third-order valence-electron chi connectivity index (χ3n) is 4.88. The molecular formula is C18H20BClN6O. The predicted octanol–water partition coefficient (Wildman–Crippen LogP) is 0.571. The van der Waals surface area contributed by atoms with Gasteiger partial charge in [0.15, 0.2) is 19.3 Å². The summed E-state index contributed by atoms with van der Waals surface area (Å²) in [6, 6.07) is 7.73. The van der Waals surface area contributed by atoms with Gasteiger partial charge in [-0.3, -0.25) is 9.20 Å². The second-order valence-corrected chi connectivity index (χ2v) is 7.19. The number of halogens is 1. The number of imidazole rings is 1. The molecule has 27 heavy (non-hydrogen) atoms. The van der Waals surface area contributed by atoms with Gasteiger partial charge in [0.25, 0.3) is 5.91 Å². The zero-order valence-electron chi connectivity index (χ0n) is 15.0. The van der Waals surface area contributed by atoms with Crippen LogP contribution in [0.15, 0.2) is 30.5 Å². The Morgan fingerprint density at radius 2 is 2.15 bits per heavy atom. The molecule has 4 rings (SSSR count). The van der Waals surface area contributed by atoms with E-state index in [0.29, 0.717) is 22.2 Å². The molecule has 0 bridgehead atoms. The number of aromatic nitrogens is 3. The molecule has 9 heteroatoms. The van der Waals surface area contributed by atoms with Crippen molar-refractivity contribution >= 4 is 42.4 Å². The molecule has 1 aliphatic rings. The Kier molecular flexibility index (Phi) is 4.76. The van der Waals surface area contributed by atoms with Crippen LogP contribution in [0.3, 0.4) is 0 Å². The fourth-order valence-electron chi connectivity index (χ4n) is 3.52. The van der Waals surface area contributed by atoms with Gasteiger partial charge in [0.2, 0.25) is 0 Å². The van der Waals surface area contributed by atoms with Crippen molar-refractivity contribution in [1.29, 1.82) is 0 Å². The summed E-state index contributed by atoms with van der Waals surface area (Å²) < 4.78 is 1.78. The number of benzene rings is 1. The van der Waals surface area contributed by atoms with Crippen LogP contribution in [0, 0.1) is 0 Å². The highest BCUT2D eigenvalue weighted by atomic mass is 35.5. The number of hydrogen-bond donors (Lipinski definition) is 3. The van der Waals surface area contributed by atoms with Crippen molar-refractivity contribution in [1.82, 2.24) is 19.7 Å². The Labute approximate surface area is 162 Å². The van der Waals surface area contributed by atoms with Crippen molar-refractivity contribution < 1.29 is 4.79 Å². The molecule has 0 unspecified atom stereocenters. The molecule has 7 nitrogen and oxygen atoms in total. The summed E-state index contributed by atoms with van der Waals surface area (Å²) in [7, 11) is 1.92. The van der Waals surface area contributed by atoms with Gasteiger partial charge in [-0.2, -0.15) is 0 Å². The van der Waals surface area contributed by atoms with E-state index in [2.05, 4.69) is 15.6 Å². The molecule has 3 aromatic rings. The van der Waals surface area contributed by atoms with E-state index in [1.54, 1.807) is 4.40 Å². The standard InChI is InChI=1S/C18H20BClN6O/c19-15-14(10-3-5-11(20)6-4-10)25-18-17(24-12-2-1-7-22-8-12)23-9-13(16(21)27)26(15)18/h3-6,9,12,22H,1-2,7-8,19H2,(H2,21,27)(H,23,24)/t12-/m1/s1. The van der Waals surface area contributed by atoms with E-state index < -0.39 is 5.91 Å². The fourth-order valence-corrected chi connectivity index (χ4v) is 3.65. The normalized spacial score (nSPS) is 17.1. The summed E-state index contributed by atoms with van der Waals surface area (Å²) in [4.78, 5) is 21.2. The van der Waals surface area contributed by atoms with Crippen LogP contribution in [0.2, 0.25) is 5.02 Å². The van der Waals surface area contributed by atoms with Crippen molar-refractivity contribution in [3.8, 4) is 11.3 Å². The fraction of sp³-hybridized carbons (Fsp3) is 0.278. The van der Waals surface area contributed by atoms with E-state index in [4.69, 9.17) is 22.3 Å². The Balaban J connectivity index is 1.85. The van der Waals surface area contributed by atoms with Crippen LogP contribution >= 0.6 is 11.6 Å². The van der Waals surface area contributed by atoms with Crippen LogP contribution < -0.4 is 22.0 Å². The molecule has 1 aromatic carbocycles. The number of carbonyl (C=O) groups is 1.